The minimum atomic E-state index is -0.0187. The number of carbonyl (C=O) groups is 1. The van der Waals surface area contributed by atoms with E-state index in [0.717, 1.165) is 41.1 Å². The molecule has 164 valence electrons. The van der Waals surface area contributed by atoms with Crippen molar-refractivity contribution in [3.05, 3.63) is 70.6 Å². The molecular weight excluding hydrogens is 416 g/mol. The van der Waals surface area contributed by atoms with Gasteiger partial charge < -0.3 is 10.6 Å². The van der Waals surface area contributed by atoms with Crippen molar-refractivity contribution in [1.29, 1.82) is 0 Å². The highest BCUT2D eigenvalue weighted by molar-refractivity contribution is 7.19. The van der Waals surface area contributed by atoms with Crippen LogP contribution in [0.5, 0.6) is 0 Å². The van der Waals surface area contributed by atoms with Gasteiger partial charge in [-0.05, 0) is 50.2 Å². The van der Waals surface area contributed by atoms with E-state index < -0.39 is 0 Å². The van der Waals surface area contributed by atoms with Crippen LogP contribution in [0.3, 0.4) is 0 Å². The molecule has 2 aromatic rings. The van der Waals surface area contributed by atoms with Crippen molar-refractivity contribution in [3.63, 3.8) is 0 Å². The fraction of sp³-hybridized carbons (Fsp3) is 0.346. The maximum Gasteiger partial charge on any atom is 0.274 e. The number of hydrogen-bond acceptors (Lipinski definition) is 5. The van der Waals surface area contributed by atoms with E-state index in [1.807, 2.05) is 23.2 Å². The molecule has 5 rings (SSSR count). The largest absolute Gasteiger partial charge is 0.375 e. The first-order valence-electron chi connectivity index (χ1n) is 11.3. The van der Waals surface area contributed by atoms with Crippen LogP contribution in [0, 0.1) is 12.8 Å². The Morgan fingerprint density at radius 2 is 2.12 bits per heavy atom. The lowest BCUT2D eigenvalue weighted by Crippen LogP contribution is -2.34. The van der Waals surface area contributed by atoms with Crippen molar-refractivity contribution >= 4 is 28.1 Å². The number of nitrogens with two attached hydrogens (primary N) is 1. The number of aromatic nitrogens is 1. The third kappa shape index (κ3) is 4.32. The molecule has 0 bridgehead atoms. The predicted octanol–water partition coefficient (Wildman–Crippen LogP) is 5.56. The van der Waals surface area contributed by atoms with Crippen LogP contribution in [0.1, 0.15) is 48.7 Å². The summed E-state index contributed by atoms with van der Waals surface area (Å²) >= 11 is 1.39. The Bertz CT molecular complexity index is 1200. The van der Waals surface area contributed by atoms with E-state index in [1.165, 1.54) is 40.9 Å². The highest BCUT2D eigenvalue weighted by Gasteiger charge is 2.31. The van der Waals surface area contributed by atoms with E-state index >= 15 is 0 Å². The lowest BCUT2D eigenvalue weighted by molar-refractivity contribution is 0.0745. The Balaban J connectivity index is 1.38. The van der Waals surface area contributed by atoms with Crippen molar-refractivity contribution < 1.29 is 4.79 Å². The molecule has 3 aliphatic rings. The second-order valence-electron chi connectivity index (χ2n) is 8.98. The van der Waals surface area contributed by atoms with Crippen LogP contribution < -0.4 is 5.73 Å². The number of carbonyl (C=O) groups excluding carboxylic acids is 1. The Morgan fingerprint density at radius 1 is 1.28 bits per heavy atom. The summed E-state index contributed by atoms with van der Waals surface area (Å²) in [5, 5.41) is 0.433. The highest BCUT2D eigenvalue weighted by Crippen LogP contribution is 2.36. The van der Waals surface area contributed by atoms with Gasteiger partial charge in [-0.2, -0.15) is 0 Å². The zero-order chi connectivity index (χ0) is 22.2. The van der Waals surface area contributed by atoms with Crippen molar-refractivity contribution in [3.8, 4) is 10.4 Å². The van der Waals surface area contributed by atoms with Gasteiger partial charge in [0.2, 0.25) is 0 Å². The molecule has 1 aromatic heterocycles. The molecule has 0 atom stereocenters. The summed E-state index contributed by atoms with van der Waals surface area (Å²) in [6, 6.07) is 8.17. The Kier molecular flexibility index (Phi) is 5.55. The maximum absolute atomic E-state index is 13.7. The van der Waals surface area contributed by atoms with Crippen LogP contribution in [0.4, 0.5) is 5.13 Å². The number of allylic oxidation sites excluding steroid dienone is 4. The Hall–Kier alpha value is -2.99. The topological polar surface area (TPSA) is 71.6 Å². The molecule has 2 heterocycles. The van der Waals surface area contributed by atoms with E-state index in [9.17, 15) is 4.79 Å². The SMILES string of the molecule is CC1=CCC2=NC=C(CCN(CC3CC3)C(=O)c3nc(N)sc3-c3cccc(C)c3)C2=C1. The molecule has 0 radical (unpaired) electrons. The molecule has 0 saturated heterocycles. The number of hydrogen-bond donors (Lipinski definition) is 1. The van der Waals surface area contributed by atoms with E-state index in [-0.39, 0.29) is 5.91 Å². The fourth-order valence-corrected chi connectivity index (χ4v) is 5.14. The quantitative estimate of drug-likeness (QED) is 0.608. The van der Waals surface area contributed by atoms with E-state index in [2.05, 4.69) is 48.1 Å². The number of aliphatic imine (C=N–C) groups is 1. The van der Waals surface area contributed by atoms with Crippen LogP contribution in [0.25, 0.3) is 10.4 Å². The minimum absolute atomic E-state index is 0.0187. The zero-order valence-corrected chi connectivity index (χ0v) is 19.4. The third-order valence-electron chi connectivity index (χ3n) is 6.26. The average molecular weight is 445 g/mol. The molecule has 2 N–H and O–H groups in total. The second kappa shape index (κ2) is 8.51. The number of rotatable bonds is 7. The van der Waals surface area contributed by atoms with E-state index in [0.29, 0.717) is 23.3 Å². The van der Waals surface area contributed by atoms with Crippen LogP contribution >= 0.6 is 11.3 Å². The van der Waals surface area contributed by atoms with Crippen LogP contribution in [-0.2, 0) is 0 Å². The smallest absolute Gasteiger partial charge is 0.274 e. The minimum Gasteiger partial charge on any atom is -0.375 e. The van der Waals surface area contributed by atoms with Gasteiger partial charge >= 0.3 is 0 Å². The number of nitrogens with zero attached hydrogens (tertiary/aromatic N) is 3. The Labute approximate surface area is 193 Å². The summed E-state index contributed by atoms with van der Waals surface area (Å²) < 4.78 is 0. The maximum atomic E-state index is 13.7. The highest BCUT2D eigenvalue weighted by atomic mass is 32.1. The lowest BCUT2D eigenvalue weighted by Gasteiger charge is -2.23. The van der Waals surface area contributed by atoms with Gasteiger partial charge in [0.25, 0.3) is 5.91 Å². The number of amides is 1. The third-order valence-corrected chi connectivity index (χ3v) is 7.20. The summed E-state index contributed by atoms with van der Waals surface area (Å²) in [4.78, 5) is 25.6. The number of aryl methyl sites for hydroxylation is 1. The number of benzene rings is 1. The van der Waals surface area contributed by atoms with Gasteiger partial charge in [0.15, 0.2) is 5.13 Å². The molecule has 5 nitrogen and oxygen atoms in total. The van der Waals surface area contributed by atoms with Crippen molar-refractivity contribution in [2.24, 2.45) is 10.9 Å². The molecule has 1 amide bonds. The first-order valence-corrected chi connectivity index (χ1v) is 12.1. The zero-order valence-electron chi connectivity index (χ0n) is 18.6. The molecule has 6 heteroatoms. The van der Waals surface area contributed by atoms with Crippen molar-refractivity contribution in [2.75, 3.05) is 18.8 Å². The van der Waals surface area contributed by atoms with Crippen LogP contribution in [0.15, 0.2) is 64.3 Å². The summed E-state index contributed by atoms with van der Waals surface area (Å²) in [6.07, 6.45) is 10.5. The van der Waals surface area contributed by atoms with Crippen molar-refractivity contribution in [2.45, 2.75) is 39.5 Å². The van der Waals surface area contributed by atoms with Crippen LogP contribution in [-0.4, -0.2) is 34.6 Å². The summed E-state index contributed by atoms with van der Waals surface area (Å²) in [5.41, 5.74) is 13.6. The summed E-state index contributed by atoms with van der Waals surface area (Å²) in [6.45, 7) is 5.62. The molecular formula is C26H28N4OS. The molecule has 1 aromatic carbocycles. The normalized spacial score (nSPS) is 17.3. The van der Waals surface area contributed by atoms with Gasteiger partial charge in [-0.3, -0.25) is 9.79 Å². The van der Waals surface area contributed by atoms with Gasteiger partial charge in [0.1, 0.15) is 5.69 Å². The van der Waals surface area contributed by atoms with Crippen molar-refractivity contribution in [1.82, 2.24) is 9.88 Å². The summed E-state index contributed by atoms with van der Waals surface area (Å²) in [5.74, 6) is 0.579. The summed E-state index contributed by atoms with van der Waals surface area (Å²) in [7, 11) is 0. The monoisotopic (exact) mass is 444 g/mol. The van der Waals surface area contributed by atoms with Gasteiger partial charge in [-0.25, -0.2) is 4.98 Å². The predicted molar refractivity (Wildman–Crippen MR) is 132 cm³/mol. The molecule has 32 heavy (non-hydrogen) atoms. The molecule has 1 aliphatic heterocycles. The molecule has 0 spiro atoms. The average Bonchev–Trinajstić information content (AvgIpc) is 3.38. The number of anilines is 1. The van der Waals surface area contributed by atoms with Gasteiger partial charge in [-0.15, -0.1) is 0 Å². The van der Waals surface area contributed by atoms with Gasteiger partial charge in [0, 0.05) is 31.3 Å². The molecule has 1 fully saturated rings. The number of thiazole rings is 1. The number of nitrogen functional groups attached to an aromatic ring is 1. The molecule has 2 aliphatic carbocycles. The van der Waals surface area contributed by atoms with Crippen LogP contribution in [0.2, 0.25) is 0 Å². The molecule has 1 saturated carbocycles. The van der Waals surface area contributed by atoms with E-state index in [1.54, 1.807) is 0 Å². The second-order valence-corrected chi connectivity index (χ2v) is 10.0. The fourth-order valence-electron chi connectivity index (χ4n) is 4.32. The number of fused-ring (bicyclic) bond motifs is 1. The Morgan fingerprint density at radius 3 is 2.91 bits per heavy atom. The lowest BCUT2D eigenvalue weighted by atomic mass is 9.93. The standard InChI is InChI=1S/C26H28N4OS/c1-16-4-3-5-19(12-16)24-23(29-26(27)32-24)25(31)30(15-18-7-8-18)11-10-20-14-28-22-9-6-17(2)13-21(20)22/h3-6,12-14,18H,7-11,15H2,1-2H3,(H2,27,29). The first kappa shape index (κ1) is 20.9. The molecule has 0 unspecified atom stereocenters. The van der Waals surface area contributed by atoms with E-state index in [4.69, 9.17) is 5.73 Å². The van der Waals surface area contributed by atoms with Gasteiger partial charge in [-0.1, -0.05) is 58.9 Å². The van der Waals surface area contributed by atoms with Gasteiger partial charge in [0.05, 0.1) is 10.6 Å². The first-order chi connectivity index (χ1) is 15.5.